The van der Waals surface area contributed by atoms with Crippen molar-refractivity contribution in [2.75, 3.05) is 31.6 Å². The molecule has 0 spiro atoms. The average Bonchev–Trinajstić information content (AvgIpc) is 3.37. The molecule has 3 aromatic carbocycles. The van der Waals surface area contributed by atoms with Crippen LogP contribution < -0.4 is 10.7 Å². The molecule has 0 bridgehead atoms. The van der Waals surface area contributed by atoms with Gasteiger partial charge in [-0.25, -0.2) is 0 Å². The predicted octanol–water partition coefficient (Wildman–Crippen LogP) is 6.24. The number of aromatic nitrogens is 2. The van der Waals surface area contributed by atoms with Crippen LogP contribution in [0.1, 0.15) is 53.6 Å². The van der Waals surface area contributed by atoms with Gasteiger partial charge in [-0.1, -0.05) is 61.7 Å². The van der Waals surface area contributed by atoms with E-state index in [4.69, 9.17) is 10.2 Å². The molecule has 42 heavy (non-hydrogen) atoms. The van der Waals surface area contributed by atoms with Crippen molar-refractivity contribution >= 4 is 33.7 Å². The van der Waals surface area contributed by atoms with Gasteiger partial charge < -0.3 is 15.3 Å². The van der Waals surface area contributed by atoms with Gasteiger partial charge in [-0.15, -0.1) is 0 Å². The first-order chi connectivity index (χ1) is 20.5. The van der Waals surface area contributed by atoms with Gasteiger partial charge in [-0.05, 0) is 81.9 Å². The van der Waals surface area contributed by atoms with Gasteiger partial charge in [-0.2, -0.15) is 10.2 Å². The lowest BCUT2D eigenvalue weighted by atomic mass is 9.92. The van der Waals surface area contributed by atoms with Gasteiger partial charge in [0.25, 0.3) is 0 Å². The number of nitrogens with one attached hydrogen (secondary N) is 2. The summed E-state index contributed by atoms with van der Waals surface area (Å²) in [5.41, 5.74) is 13.0. The first-order valence-electron chi connectivity index (χ1n) is 15.0. The van der Waals surface area contributed by atoms with Crippen molar-refractivity contribution in [3.63, 3.8) is 0 Å². The number of likely N-dealkylation sites (tertiary alicyclic amines) is 1. The molecule has 0 aliphatic carbocycles. The third-order valence-electron chi connectivity index (χ3n) is 8.55. The molecular formula is C35H40N6O. The standard InChI is InChI=1S/C35H40N6O/c1-24-22-28(14-15-29(24)35-31-11-5-4-10-30(31)25(2)37-38-35)36-26(3)34-32-12-6-7-13-33(32)41(39-34)23-27-16-19-40(20-17-27)18-8-9-21-42/h4-7,10-15,22,27,36-37,42H,2-3,8-9,16-21,23H2,1H3. The summed E-state index contributed by atoms with van der Waals surface area (Å²) in [6.45, 7) is 15.1. The predicted molar refractivity (Wildman–Crippen MR) is 173 cm³/mol. The molecule has 0 atom stereocenters. The summed E-state index contributed by atoms with van der Waals surface area (Å²) in [6.07, 6.45) is 4.31. The highest BCUT2D eigenvalue weighted by atomic mass is 16.2. The van der Waals surface area contributed by atoms with Crippen molar-refractivity contribution in [3.05, 3.63) is 108 Å². The van der Waals surface area contributed by atoms with Crippen LogP contribution in [0, 0.1) is 12.8 Å². The van der Waals surface area contributed by atoms with E-state index in [1.807, 2.05) is 12.1 Å². The number of rotatable bonds is 10. The van der Waals surface area contributed by atoms with Crippen LogP contribution in [-0.2, 0) is 6.54 Å². The number of para-hydroxylation sites is 1. The summed E-state index contributed by atoms with van der Waals surface area (Å²) in [4.78, 5) is 2.53. The van der Waals surface area contributed by atoms with Gasteiger partial charge in [-0.3, -0.25) is 10.1 Å². The fraction of sp³-hybridized carbons (Fsp3) is 0.314. The van der Waals surface area contributed by atoms with E-state index in [1.165, 1.54) is 12.8 Å². The summed E-state index contributed by atoms with van der Waals surface area (Å²) in [5, 5.41) is 23.4. The number of benzene rings is 3. The Hall–Kier alpha value is -4.20. The zero-order chi connectivity index (χ0) is 29.1. The Morgan fingerprint density at radius 1 is 1.00 bits per heavy atom. The maximum Gasteiger partial charge on any atom is 0.116 e. The zero-order valence-electron chi connectivity index (χ0n) is 24.4. The highest BCUT2D eigenvalue weighted by molar-refractivity contribution is 6.17. The summed E-state index contributed by atoms with van der Waals surface area (Å²) < 4.78 is 2.18. The molecule has 6 rings (SSSR count). The largest absolute Gasteiger partial charge is 0.396 e. The number of aliphatic hydroxyl groups excluding tert-OH is 1. The molecule has 3 N–H and O–H groups in total. The first kappa shape index (κ1) is 27.9. The Balaban J connectivity index is 1.17. The number of hydrogen-bond acceptors (Lipinski definition) is 6. The second kappa shape index (κ2) is 12.3. The molecule has 0 unspecified atom stereocenters. The van der Waals surface area contributed by atoms with Crippen molar-refractivity contribution in [3.8, 4) is 0 Å². The maximum absolute atomic E-state index is 9.07. The fourth-order valence-corrected chi connectivity index (χ4v) is 6.22. The Morgan fingerprint density at radius 3 is 2.55 bits per heavy atom. The van der Waals surface area contributed by atoms with Crippen molar-refractivity contribution in [1.82, 2.24) is 20.1 Å². The molecule has 0 amide bonds. The minimum Gasteiger partial charge on any atom is -0.396 e. The molecule has 0 saturated carbocycles. The second-order valence-electron chi connectivity index (χ2n) is 11.5. The first-order valence-corrected chi connectivity index (χ1v) is 15.0. The topological polar surface area (TPSA) is 77.7 Å². The number of hydrogen-bond donors (Lipinski definition) is 3. The van der Waals surface area contributed by atoms with Crippen molar-refractivity contribution in [2.45, 2.75) is 39.2 Å². The molecule has 7 nitrogen and oxygen atoms in total. The van der Waals surface area contributed by atoms with E-state index < -0.39 is 0 Å². The van der Waals surface area contributed by atoms with E-state index in [0.717, 1.165) is 101 Å². The van der Waals surface area contributed by atoms with Gasteiger partial charge >= 0.3 is 0 Å². The summed E-state index contributed by atoms with van der Waals surface area (Å²) >= 11 is 0. The lowest BCUT2D eigenvalue weighted by molar-refractivity contribution is 0.165. The average molecular weight is 561 g/mol. The number of anilines is 1. The van der Waals surface area contributed by atoms with Crippen molar-refractivity contribution < 1.29 is 5.11 Å². The Labute approximate surface area is 248 Å². The lowest BCUT2D eigenvalue weighted by Crippen LogP contribution is -2.35. The van der Waals surface area contributed by atoms with Crippen LogP contribution in [0.4, 0.5) is 5.69 Å². The van der Waals surface area contributed by atoms with E-state index in [2.05, 4.69) is 100 Å². The summed E-state index contributed by atoms with van der Waals surface area (Å²) in [5.74, 6) is 0.603. The number of nitrogens with zero attached hydrogens (tertiary/aromatic N) is 4. The van der Waals surface area contributed by atoms with Gasteiger partial charge in [0, 0.05) is 40.9 Å². The van der Waals surface area contributed by atoms with Crippen molar-refractivity contribution in [1.29, 1.82) is 0 Å². The summed E-state index contributed by atoms with van der Waals surface area (Å²) in [7, 11) is 0. The lowest BCUT2D eigenvalue weighted by Gasteiger charge is -2.32. The van der Waals surface area contributed by atoms with Crippen LogP contribution in [0.15, 0.2) is 85.0 Å². The second-order valence-corrected chi connectivity index (χ2v) is 11.5. The van der Waals surface area contributed by atoms with E-state index >= 15 is 0 Å². The smallest absolute Gasteiger partial charge is 0.116 e. The van der Waals surface area contributed by atoms with Crippen LogP contribution in [0.5, 0.6) is 0 Å². The van der Waals surface area contributed by atoms with E-state index in [9.17, 15) is 0 Å². The number of fused-ring (bicyclic) bond motifs is 2. The molecule has 4 aromatic rings. The fourth-order valence-electron chi connectivity index (χ4n) is 6.22. The molecule has 3 heterocycles. The van der Waals surface area contributed by atoms with E-state index in [1.54, 1.807) is 0 Å². The quantitative estimate of drug-likeness (QED) is 0.200. The number of unbranched alkanes of at least 4 members (excludes halogenated alkanes) is 1. The maximum atomic E-state index is 9.07. The van der Waals surface area contributed by atoms with Crippen LogP contribution in [0.25, 0.3) is 22.3 Å². The SMILES string of the molecule is C=C1NN=C(c2ccc(NC(=C)c3nn(CC4CCN(CCCCO)CC4)c4ccccc34)cc2C)c2ccccc21. The van der Waals surface area contributed by atoms with Crippen LogP contribution in [-0.4, -0.2) is 51.7 Å². The normalized spacial score (nSPS) is 15.8. The number of aliphatic hydroxyl groups is 1. The highest BCUT2D eigenvalue weighted by Crippen LogP contribution is 2.30. The molecule has 216 valence electrons. The molecule has 1 saturated heterocycles. The molecule has 1 aromatic heterocycles. The van der Waals surface area contributed by atoms with E-state index in [0.29, 0.717) is 5.92 Å². The number of piperidine rings is 1. The third kappa shape index (κ3) is 5.75. The van der Waals surface area contributed by atoms with Gasteiger partial charge in [0.05, 0.1) is 22.6 Å². The monoisotopic (exact) mass is 560 g/mol. The molecule has 7 heteroatoms. The Kier molecular flexibility index (Phi) is 8.22. The number of aryl methyl sites for hydroxylation is 1. The summed E-state index contributed by atoms with van der Waals surface area (Å²) in [6, 6.07) is 23.0. The van der Waals surface area contributed by atoms with Gasteiger partial charge in [0.1, 0.15) is 5.69 Å². The van der Waals surface area contributed by atoms with Crippen LogP contribution in [0.3, 0.4) is 0 Å². The Bertz CT molecular complexity index is 1640. The van der Waals surface area contributed by atoms with Crippen molar-refractivity contribution in [2.24, 2.45) is 11.0 Å². The molecule has 1 fully saturated rings. The minimum absolute atomic E-state index is 0.287. The third-order valence-corrected chi connectivity index (χ3v) is 8.55. The molecule has 2 aliphatic heterocycles. The van der Waals surface area contributed by atoms with Gasteiger partial charge in [0.15, 0.2) is 0 Å². The molecular weight excluding hydrogens is 520 g/mol. The number of hydrazone groups is 1. The molecule has 2 aliphatic rings. The van der Waals surface area contributed by atoms with Gasteiger partial charge in [0.2, 0.25) is 0 Å². The van der Waals surface area contributed by atoms with Crippen LogP contribution >= 0.6 is 0 Å². The molecule has 0 radical (unpaired) electrons. The zero-order valence-corrected chi connectivity index (χ0v) is 24.4. The van der Waals surface area contributed by atoms with Crippen LogP contribution in [0.2, 0.25) is 0 Å². The highest BCUT2D eigenvalue weighted by Gasteiger charge is 2.22. The Morgan fingerprint density at radius 2 is 1.76 bits per heavy atom. The minimum atomic E-state index is 0.287. The van der Waals surface area contributed by atoms with E-state index in [-0.39, 0.29) is 6.61 Å².